The van der Waals surface area contributed by atoms with Crippen LogP contribution >= 0.6 is 0 Å². The molecule has 0 aromatic heterocycles. The van der Waals surface area contributed by atoms with Gasteiger partial charge in [-0.15, -0.1) is 0 Å². The molecule has 7 atom stereocenters. The zero-order valence-corrected chi connectivity index (χ0v) is 19.5. The molecule has 29 heavy (non-hydrogen) atoms. The lowest BCUT2D eigenvalue weighted by atomic mass is 9.42. The lowest BCUT2D eigenvalue weighted by Crippen LogP contribution is -2.59. The lowest BCUT2D eigenvalue weighted by molar-refractivity contribution is -0.174. The van der Waals surface area contributed by atoms with Crippen molar-refractivity contribution in [3.05, 3.63) is 12.3 Å². The molecule has 5 nitrogen and oxygen atoms in total. The highest BCUT2D eigenvalue weighted by Crippen LogP contribution is 2.71. The highest BCUT2D eigenvalue weighted by molar-refractivity contribution is 7.80. The molecule has 0 aromatic rings. The Hall–Kier alpha value is -0.590. The Kier molecular flexibility index (Phi) is 4.82. The van der Waals surface area contributed by atoms with Crippen LogP contribution in [0.15, 0.2) is 12.3 Å². The third-order valence-electron chi connectivity index (χ3n) is 9.83. The van der Waals surface area contributed by atoms with E-state index in [4.69, 9.17) is 8.92 Å². The largest absolute Gasteiger partial charge is 0.492 e. The van der Waals surface area contributed by atoms with E-state index in [1.807, 2.05) is 0 Å². The molecule has 4 aliphatic rings. The quantitative estimate of drug-likeness (QED) is 0.601. The molecule has 1 aliphatic heterocycles. The molecule has 0 aromatic carbocycles. The van der Waals surface area contributed by atoms with E-state index < -0.39 is 16.5 Å². The van der Waals surface area contributed by atoms with Gasteiger partial charge in [-0.05, 0) is 80.0 Å². The van der Waals surface area contributed by atoms with Gasteiger partial charge < -0.3 is 4.74 Å². The van der Waals surface area contributed by atoms with E-state index in [1.165, 1.54) is 12.8 Å². The smallest absolute Gasteiger partial charge is 0.397 e. The van der Waals surface area contributed by atoms with Crippen LogP contribution in [0, 0.1) is 34.0 Å². The van der Waals surface area contributed by atoms with Crippen LogP contribution in [-0.4, -0.2) is 24.7 Å². The normalized spacial score (nSPS) is 49.4. The molecule has 4 fully saturated rings. The van der Waals surface area contributed by atoms with Gasteiger partial charge in [-0.1, -0.05) is 34.3 Å². The predicted molar refractivity (Wildman–Crippen MR) is 112 cm³/mol. The van der Waals surface area contributed by atoms with Gasteiger partial charge in [-0.25, -0.2) is 4.18 Å². The first-order valence-corrected chi connectivity index (χ1v) is 12.6. The summed E-state index contributed by atoms with van der Waals surface area (Å²) in [6.45, 7) is 15.6. The van der Waals surface area contributed by atoms with E-state index >= 15 is 0 Å². The first kappa shape index (κ1) is 21.6. The second-order valence-electron chi connectivity index (χ2n) is 11.6. The third-order valence-corrected chi connectivity index (χ3v) is 10.3. The summed E-state index contributed by atoms with van der Waals surface area (Å²) >= 11 is 0. The molecule has 166 valence electrons. The minimum absolute atomic E-state index is 0.107. The highest BCUT2D eigenvalue weighted by atomic mass is 32.3. The predicted octanol–water partition coefficient (Wildman–Crippen LogP) is 5.53. The van der Waals surface area contributed by atoms with Gasteiger partial charge in [-0.3, -0.25) is 4.55 Å². The van der Waals surface area contributed by atoms with Crippen molar-refractivity contribution in [2.45, 2.75) is 97.7 Å². The van der Waals surface area contributed by atoms with Gasteiger partial charge in [-0.2, -0.15) is 8.42 Å². The van der Waals surface area contributed by atoms with Crippen molar-refractivity contribution < 1.29 is 21.9 Å². The number of rotatable bonds is 3. The van der Waals surface area contributed by atoms with Crippen molar-refractivity contribution >= 4 is 10.4 Å². The molecule has 0 radical (unpaired) electrons. The Morgan fingerprint density at radius 1 is 0.931 bits per heavy atom. The van der Waals surface area contributed by atoms with Crippen LogP contribution < -0.4 is 0 Å². The fourth-order valence-electron chi connectivity index (χ4n) is 8.69. The monoisotopic (exact) mass is 426 g/mol. The summed E-state index contributed by atoms with van der Waals surface area (Å²) < 4.78 is 43.6. The minimum atomic E-state index is -4.44. The van der Waals surface area contributed by atoms with Gasteiger partial charge in [0.2, 0.25) is 0 Å². The summed E-state index contributed by atoms with van der Waals surface area (Å²) in [6, 6.07) is 0. The Morgan fingerprint density at radius 3 is 2.10 bits per heavy atom. The molecule has 1 saturated heterocycles. The maximum atomic E-state index is 11.4. The number of hydrogen-bond donors (Lipinski definition) is 1. The first-order chi connectivity index (χ1) is 13.2. The van der Waals surface area contributed by atoms with E-state index in [1.54, 1.807) is 0 Å². The molecular formula is C23H38O5S. The molecule has 3 aliphatic carbocycles. The number of allylic oxidation sites excluding steroid dienone is 1. The van der Waals surface area contributed by atoms with Gasteiger partial charge in [0.1, 0.15) is 5.60 Å². The molecule has 1 heterocycles. The van der Waals surface area contributed by atoms with E-state index in [0.29, 0.717) is 24.2 Å². The third kappa shape index (κ3) is 3.20. The van der Waals surface area contributed by atoms with E-state index in [-0.39, 0.29) is 21.8 Å². The van der Waals surface area contributed by atoms with Crippen LogP contribution in [0.3, 0.4) is 0 Å². The van der Waals surface area contributed by atoms with Crippen LogP contribution in [0.4, 0.5) is 0 Å². The summed E-state index contributed by atoms with van der Waals surface area (Å²) in [7, 11) is -4.44. The summed E-state index contributed by atoms with van der Waals surface area (Å²) in [5, 5.41) is 0. The number of hydrogen-bond acceptors (Lipinski definition) is 4. The SMILES string of the molecule is C=C1CCC(C)(C2CCC3C2(C)CCC2C(C)(C)C(OS(=O)(=O)O)CCC23C)O1. The van der Waals surface area contributed by atoms with Crippen molar-refractivity contribution in [2.24, 2.45) is 34.0 Å². The fraction of sp³-hybridized carbons (Fsp3) is 0.913. The lowest BCUT2D eigenvalue weighted by Gasteiger charge is -2.63. The second-order valence-corrected chi connectivity index (χ2v) is 12.7. The zero-order chi connectivity index (χ0) is 21.5. The average molecular weight is 427 g/mol. The van der Waals surface area contributed by atoms with Gasteiger partial charge in [0.15, 0.2) is 0 Å². The zero-order valence-electron chi connectivity index (χ0n) is 18.7. The maximum absolute atomic E-state index is 11.4. The number of fused-ring (bicyclic) bond motifs is 3. The molecule has 4 rings (SSSR count). The average Bonchev–Trinajstić information content (AvgIpc) is 3.10. The van der Waals surface area contributed by atoms with Crippen LogP contribution in [0.2, 0.25) is 0 Å². The maximum Gasteiger partial charge on any atom is 0.397 e. The van der Waals surface area contributed by atoms with Crippen molar-refractivity contribution in [1.82, 2.24) is 0 Å². The van der Waals surface area contributed by atoms with Crippen molar-refractivity contribution in [3.8, 4) is 0 Å². The van der Waals surface area contributed by atoms with E-state index in [2.05, 4.69) is 41.2 Å². The van der Waals surface area contributed by atoms with Gasteiger partial charge in [0, 0.05) is 12.3 Å². The minimum Gasteiger partial charge on any atom is -0.492 e. The van der Waals surface area contributed by atoms with Crippen LogP contribution in [0.25, 0.3) is 0 Å². The molecule has 1 N–H and O–H groups in total. The highest BCUT2D eigenvalue weighted by Gasteiger charge is 2.67. The first-order valence-electron chi connectivity index (χ1n) is 11.2. The van der Waals surface area contributed by atoms with Crippen LogP contribution in [-0.2, 0) is 19.3 Å². The van der Waals surface area contributed by atoms with Crippen molar-refractivity contribution in [1.29, 1.82) is 0 Å². The van der Waals surface area contributed by atoms with Crippen molar-refractivity contribution in [2.75, 3.05) is 0 Å². The summed E-state index contributed by atoms with van der Waals surface area (Å²) in [5.41, 5.74) is -0.0252. The topological polar surface area (TPSA) is 72.8 Å². The molecular weight excluding hydrogens is 388 g/mol. The van der Waals surface area contributed by atoms with Gasteiger partial charge >= 0.3 is 10.4 Å². The Bertz CT molecular complexity index is 804. The molecule has 7 unspecified atom stereocenters. The Balaban J connectivity index is 1.63. The molecule has 0 amide bonds. The molecule has 0 bridgehead atoms. The Morgan fingerprint density at radius 2 is 1.52 bits per heavy atom. The second kappa shape index (κ2) is 6.46. The molecule has 0 spiro atoms. The van der Waals surface area contributed by atoms with Crippen LogP contribution in [0.5, 0.6) is 0 Å². The van der Waals surface area contributed by atoms with E-state index in [0.717, 1.165) is 37.9 Å². The molecule has 6 heteroatoms. The Labute approximate surface area is 176 Å². The van der Waals surface area contributed by atoms with E-state index in [9.17, 15) is 13.0 Å². The van der Waals surface area contributed by atoms with Crippen molar-refractivity contribution in [3.63, 3.8) is 0 Å². The standard InChI is InChI=1S/C23H38O5S/c1-15-9-14-23(6,27-15)18-8-7-17-21(4)13-11-19(28-29(24,25)26)20(2,3)16(21)10-12-22(17,18)5/h16-19H,1,7-14H2,2-6H3,(H,24,25,26). The summed E-state index contributed by atoms with van der Waals surface area (Å²) in [6.07, 6.45) is 7.78. The van der Waals surface area contributed by atoms with Crippen LogP contribution in [0.1, 0.15) is 86.0 Å². The molecule has 3 saturated carbocycles. The fourth-order valence-corrected chi connectivity index (χ4v) is 9.33. The number of ether oxygens (including phenoxy) is 1. The summed E-state index contributed by atoms with van der Waals surface area (Å²) in [4.78, 5) is 0. The van der Waals surface area contributed by atoms with Gasteiger partial charge in [0.25, 0.3) is 0 Å². The summed E-state index contributed by atoms with van der Waals surface area (Å²) in [5.74, 6) is 2.44. The van der Waals surface area contributed by atoms with Gasteiger partial charge in [0.05, 0.1) is 11.9 Å².